The van der Waals surface area contributed by atoms with E-state index in [-0.39, 0.29) is 0 Å². The minimum absolute atomic E-state index is 0.887. The number of hydrogen-bond donors (Lipinski definition) is 0. The van der Waals surface area contributed by atoms with E-state index in [1.807, 2.05) is 0 Å². The van der Waals surface area contributed by atoms with E-state index in [1.165, 1.54) is 40.1 Å². The van der Waals surface area contributed by atoms with Gasteiger partial charge < -0.3 is 4.57 Å². The van der Waals surface area contributed by atoms with E-state index in [9.17, 15) is 0 Å². The Morgan fingerprint density at radius 2 is 1.39 bits per heavy atom. The van der Waals surface area contributed by atoms with Gasteiger partial charge in [-0.3, -0.25) is 4.90 Å². The lowest BCUT2D eigenvalue weighted by atomic mass is 10.1. The van der Waals surface area contributed by atoms with Crippen molar-refractivity contribution in [2.45, 2.75) is 64.1 Å². The quantitative estimate of drug-likeness (QED) is 0.173. The smallest absolute Gasteiger partial charge is 0.140 e. The van der Waals surface area contributed by atoms with Crippen LogP contribution in [0.1, 0.15) is 50.8 Å². The van der Waals surface area contributed by atoms with Gasteiger partial charge >= 0.3 is 0 Å². The Hall–Kier alpha value is -2.82. The van der Waals surface area contributed by atoms with Crippen molar-refractivity contribution in [2.75, 3.05) is 12.8 Å². The summed E-state index contributed by atoms with van der Waals surface area (Å²) < 4.78 is 2.50. The van der Waals surface area contributed by atoms with Crippen molar-refractivity contribution < 1.29 is 0 Å². The summed E-state index contributed by atoms with van der Waals surface area (Å²) in [6.07, 6.45) is 6.82. The molecule has 3 aromatic carbocycles. The van der Waals surface area contributed by atoms with Gasteiger partial charge in [-0.15, -0.1) is 11.8 Å². The Morgan fingerprint density at radius 1 is 0.750 bits per heavy atom. The number of nitrogens with zero attached hydrogens (tertiary/aromatic N) is 3. The van der Waals surface area contributed by atoms with Crippen LogP contribution in [0.4, 0.5) is 0 Å². The summed E-state index contributed by atoms with van der Waals surface area (Å²) in [4.78, 5) is 9.22. The first-order valence-corrected chi connectivity index (χ1v) is 14.5. The van der Waals surface area contributed by atoms with Gasteiger partial charge in [0.15, 0.2) is 0 Å². The van der Waals surface area contributed by atoms with Gasteiger partial charge in [-0.05, 0) is 43.3 Å². The monoisotopic (exact) mass is 497 g/mol. The Labute approximate surface area is 221 Å². The highest BCUT2D eigenvalue weighted by molar-refractivity contribution is 7.98. The van der Waals surface area contributed by atoms with Crippen LogP contribution >= 0.6 is 11.8 Å². The molecule has 1 aromatic heterocycles. The van der Waals surface area contributed by atoms with E-state index >= 15 is 0 Å². The molecule has 4 aromatic rings. The van der Waals surface area contributed by atoms with E-state index in [2.05, 4.69) is 114 Å². The van der Waals surface area contributed by atoms with Gasteiger partial charge in [0.05, 0.1) is 11.4 Å². The molecule has 3 nitrogen and oxygen atoms in total. The molecule has 0 unspecified atom stereocenters. The number of imidazole rings is 1. The predicted octanol–water partition coefficient (Wildman–Crippen LogP) is 8.54. The average molecular weight is 498 g/mol. The zero-order valence-corrected chi connectivity index (χ0v) is 22.8. The van der Waals surface area contributed by atoms with Gasteiger partial charge in [-0.1, -0.05) is 99.5 Å². The number of rotatable bonds is 13. The zero-order chi connectivity index (χ0) is 25.2. The molecule has 0 spiro atoms. The second kappa shape index (κ2) is 13.5. The van der Waals surface area contributed by atoms with Crippen molar-refractivity contribution in [1.29, 1.82) is 0 Å². The van der Waals surface area contributed by atoms with E-state index in [4.69, 9.17) is 4.98 Å². The van der Waals surface area contributed by atoms with Gasteiger partial charge in [0.25, 0.3) is 0 Å². The molecule has 0 radical (unpaired) electrons. The van der Waals surface area contributed by atoms with Crippen molar-refractivity contribution in [3.63, 3.8) is 0 Å². The molecule has 4 rings (SSSR count). The highest BCUT2D eigenvalue weighted by Gasteiger charge is 2.21. The fourth-order valence-corrected chi connectivity index (χ4v) is 5.04. The third-order valence-corrected chi connectivity index (χ3v) is 7.40. The maximum atomic E-state index is 5.30. The molecular weight excluding hydrogens is 458 g/mol. The van der Waals surface area contributed by atoms with Crippen molar-refractivity contribution in [3.8, 4) is 22.6 Å². The molecule has 0 saturated heterocycles. The molecular formula is C32H39N3S. The second-order valence-corrected chi connectivity index (χ2v) is 10.3. The molecule has 0 fully saturated rings. The molecule has 1 heterocycles. The summed E-state index contributed by atoms with van der Waals surface area (Å²) >= 11 is 1.80. The molecule has 188 valence electrons. The van der Waals surface area contributed by atoms with E-state index in [0.717, 1.165) is 50.5 Å². The van der Waals surface area contributed by atoms with Crippen LogP contribution in [0.5, 0.6) is 0 Å². The average Bonchev–Trinajstić information content (AvgIpc) is 3.29. The summed E-state index contributed by atoms with van der Waals surface area (Å²) in [5.74, 6) is 1.08. The summed E-state index contributed by atoms with van der Waals surface area (Å²) in [5.41, 5.74) is 6.19. The number of unbranched alkanes of at least 4 members (excludes halogenated alkanes) is 2. The number of aromatic nitrogens is 2. The molecule has 0 amide bonds. The fourth-order valence-electron chi connectivity index (χ4n) is 4.64. The molecule has 0 bridgehead atoms. The Bertz CT molecular complexity index is 1180. The van der Waals surface area contributed by atoms with E-state index < -0.39 is 0 Å². The van der Waals surface area contributed by atoms with Crippen molar-refractivity contribution >= 4 is 11.8 Å². The number of thioether (sulfide) groups is 1. The third kappa shape index (κ3) is 6.68. The minimum atomic E-state index is 0.887. The van der Waals surface area contributed by atoms with Crippen LogP contribution in [0, 0.1) is 0 Å². The minimum Gasteiger partial charge on any atom is -0.326 e. The lowest BCUT2D eigenvalue weighted by molar-refractivity contribution is 0.246. The largest absolute Gasteiger partial charge is 0.326 e. The van der Waals surface area contributed by atoms with Crippen molar-refractivity contribution in [2.24, 2.45) is 0 Å². The normalized spacial score (nSPS) is 11.3. The van der Waals surface area contributed by atoms with E-state index in [1.54, 1.807) is 11.8 Å². The van der Waals surface area contributed by atoms with Crippen molar-refractivity contribution in [3.05, 3.63) is 96.2 Å². The Balaban J connectivity index is 1.76. The zero-order valence-electron chi connectivity index (χ0n) is 22.0. The molecule has 0 N–H and O–H groups in total. The second-order valence-electron chi connectivity index (χ2n) is 9.38. The van der Waals surface area contributed by atoms with E-state index in [0.29, 0.717) is 0 Å². The Morgan fingerprint density at radius 3 is 2.00 bits per heavy atom. The van der Waals surface area contributed by atoms with Gasteiger partial charge in [0.1, 0.15) is 5.82 Å². The van der Waals surface area contributed by atoms with Crippen LogP contribution < -0.4 is 0 Å². The van der Waals surface area contributed by atoms with Crippen LogP contribution in [0.25, 0.3) is 22.6 Å². The molecule has 0 saturated carbocycles. The molecule has 0 aliphatic rings. The van der Waals surface area contributed by atoms with Gasteiger partial charge in [0.2, 0.25) is 0 Å². The van der Waals surface area contributed by atoms with Gasteiger partial charge in [0, 0.05) is 35.7 Å². The molecule has 36 heavy (non-hydrogen) atoms. The maximum absolute atomic E-state index is 5.30. The summed E-state index contributed by atoms with van der Waals surface area (Å²) in [6.45, 7) is 8.44. The maximum Gasteiger partial charge on any atom is 0.140 e. The van der Waals surface area contributed by atoms with Crippen LogP contribution in [-0.2, 0) is 19.6 Å². The van der Waals surface area contributed by atoms with Crippen LogP contribution in [-0.4, -0.2) is 27.3 Å². The Kier molecular flexibility index (Phi) is 9.83. The lowest BCUT2D eigenvalue weighted by Crippen LogP contribution is -2.26. The predicted molar refractivity (Wildman–Crippen MR) is 155 cm³/mol. The molecule has 0 atom stereocenters. The molecule has 0 aliphatic carbocycles. The molecule has 0 aliphatic heterocycles. The van der Waals surface area contributed by atoms with Crippen molar-refractivity contribution in [1.82, 2.24) is 14.5 Å². The van der Waals surface area contributed by atoms with Crippen LogP contribution in [0.2, 0.25) is 0 Å². The number of hydrogen-bond acceptors (Lipinski definition) is 3. The number of benzene rings is 3. The standard InChI is InChI=1S/C32H39N3S/c1-4-6-22-34(24-26-18-20-29(36-3)21-19-26)25-30-31(27-14-10-8-11-15-27)33-32(35(30)23-7-5-2)28-16-12-9-13-17-28/h8-21H,4-7,22-25H2,1-3H3. The van der Waals surface area contributed by atoms with Gasteiger partial charge in [-0.2, -0.15) is 0 Å². The van der Waals surface area contributed by atoms with Crippen LogP contribution in [0.15, 0.2) is 89.8 Å². The third-order valence-electron chi connectivity index (χ3n) is 6.65. The highest BCUT2D eigenvalue weighted by atomic mass is 32.2. The topological polar surface area (TPSA) is 21.1 Å². The first-order valence-electron chi connectivity index (χ1n) is 13.3. The SMILES string of the molecule is CCCCN(Cc1ccc(SC)cc1)Cc1c(-c2ccccc2)nc(-c2ccccc2)n1CCCC. The summed E-state index contributed by atoms with van der Waals surface area (Å²) in [7, 11) is 0. The van der Waals surface area contributed by atoms with Crippen LogP contribution in [0.3, 0.4) is 0 Å². The summed E-state index contributed by atoms with van der Waals surface area (Å²) in [6, 6.07) is 30.4. The lowest BCUT2D eigenvalue weighted by Gasteiger charge is -2.24. The molecule has 4 heteroatoms. The summed E-state index contributed by atoms with van der Waals surface area (Å²) in [5, 5.41) is 0. The first kappa shape index (κ1) is 26.2. The first-order chi connectivity index (χ1) is 17.7. The van der Waals surface area contributed by atoms with Gasteiger partial charge in [-0.25, -0.2) is 4.98 Å². The fraction of sp³-hybridized carbons (Fsp3) is 0.344. The highest BCUT2D eigenvalue weighted by Crippen LogP contribution is 2.31.